The van der Waals surface area contributed by atoms with E-state index in [1.807, 2.05) is 42.5 Å². The average molecular weight is 254 g/mol. The fraction of sp³-hybridized carbons (Fsp3) is 0.188. The lowest BCUT2D eigenvalue weighted by atomic mass is 9.93. The molecule has 3 rings (SSSR count). The Balaban J connectivity index is 2.18. The van der Waals surface area contributed by atoms with Gasteiger partial charge >= 0.3 is 5.97 Å². The fourth-order valence-electron chi connectivity index (χ4n) is 2.81. The number of methoxy groups -OCH3 is 1. The van der Waals surface area contributed by atoms with Crippen molar-refractivity contribution in [3.63, 3.8) is 0 Å². The van der Waals surface area contributed by atoms with E-state index in [-0.39, 0.29) is 12.3 Å². The molecule has 0 heterocycles. The zero-order valence-corrected chi connectivity index (χ0v) is 10.6. The van der Waals surface area contributed by atoms with Crippen LogP contribution in [0.4, 0.5) is 0 Å². The minimum Gasteiger partial charge on any atom is -0.497 e. The van der Waals surface area contributed by atoms with Crippen LogP contribution >= 0.6 is 0 Å². The van der Waals surface area contributed by atoms with Crippen molar-refractivity contribution in [2.24, 2.45) is 0 Å². The Bertz CT molecular complexity index is 646. The van der Waals surface area contributed by atoms with Gasteiger partial charge in [0.05, 0.1) is 13.5 Å². The van der Waals surface area contributed by atoms with Crippen LogP contribution in [0, 0.1) is 0 Å². The molecule has 19 heavy (non-hydrogen) atoms. The molecule has 0 bridgehead atoms. The van der Waals surface area contributed by atoms with Crippen molar-refractivity contribution in [2.45, 2.75) is 12.3 Å². The number of fused-ring (bicyclic) bond motifs is 3. The molecular formula is C16H14O3. The molecule has 1 atom stereocenters. The molecule has 0 spiro atoms. The zero-order chi connectivity index (χ0) is 13.4. The van der Waals surface area contributed by atoms with Crippen LogP contribution in [0.25, 0.3) is 11.1 Å². The summed E-state index contributed by atoms with van der Waals surface area (Å²) in [6.07, 6.45) is 0.108. The minimum atomic E-state index is -0.782. The van der Waals surface area contributed by atoms with E-state index < -0.39 is 5.97 Å². The molecule has 0 aliphatic heterocycles. The lowest BCUT2D eigenvalue weighted by Gasteiger charge is -2.11. The van der Waals surface area contributed by atoms with Gasteiger partial charge < -0.3 is 9.84 Å². The Morgan fingerprint density at radius 3 is 2.63 bits per heavy atom. The molecule has 0 radical (unpaired) electrons. The van der Waals surface area contributed by atoms with Crippen molar-refractivity contribution in [2.75, 3.05) is 7.11 Å². The molecule has 96 valence electrons. The van der Waals surface area contributed by atoms with Crippen LogP contribution in [0.1, 0.15) is 23.5 Å². The normalized spacial score (nSPS) is 15.7. The van der Waals surface area contributed by atoms with Crippen molar-refractivity contribution in [1.29, 1.82) is 0 Å². The molecule has 2 aromatic rings. The molecular weight excluding hydrogens is 240 g/mol. The van der Waals surface area contributed by atoms with Crippen LogP contribution < -0.4 is 4.74 Å². The van der Waals surface area contributed by atoms with E-state index in [9.17, 15) is 4.79 Å². The first-order valence-electron chi connectivity index (χ1n) is 6.19. The molecule has 1 aliphatic carbocycles. The van der Waals surface area contributed by atoms with Crippen molar-refractivity contribution >= 4 is 5.97 Å². The second-order valence-corrected chi connectivity index (χ2v) is 4.69. The highest BCUT2D eigenvalue weighted by atomic mass is 16.5. The highest BCUT2D eigenvalue weighted by Crippen LogP contribution is 2.47. The van der Waals surface area contributed by atoms with E-state index in [4.69, 9.17) is 9.84 Å². The number of aliphatic carboxylic acids is 1. The molecule has 2 aromatic carbocycles. The monoisotopic (exact) mass is 254 g/mol. The molecule has 1 aliphatic rings. The highest BCUT2D eigenvalue weighted by Gasteiger charge is 2.30. The van der Waals surface area contributed by atoms with Gasteiger partial charge in [-0.1, -0.05) is 30.3 Å². The maximum absolute atomic E-state index is 11.1. The number of hydrogen-bond acceptors (Lipinski definition) is 2. The van der Waals surface area contributed by atoms with Crippen LogP contribution in [-0.2, 0) is 4.79 Å². The topological polar surface area (TPSA) is 46.5 Å². The molecule has 3 heteroatoms. The van der Waals surface area contributed by atoms with E-state index in [0.717, 1.165) is 28.0 Å². The maximum Gasteiger partial charge on any atom is 0.304 e. The van der Waals surface area contributed by atoms with E-state index >= 15 is 0 Å². The molecule has 0 saturated carbocycles. The molecule has 0 fully saturated rings. The largest absolute Gasteiger partial charge is 0.497 e. The first-order valence-corrected chi connectivity index (χ1v) is 6.19. The minimum absolute atomic E-state index is 0.0844. The van der Waals surface area contributed by atoms with Gasteiger partial charge in [-0.15, -0.1) is 0 Å². The summed E-state index contributed by atoms with van der Waals surface area (Å²) in [5, 5.41) is 9.12. The number of hydrogen-bond donors (Lipinski definition) is 1. The van der Waals surface area contributed by atoms with Gasteiger partial charge in [0.1, 0.15) is 5.75 Å². The number of carboxylic acid groups (broad SMARTS) is 1. The summed E-state index contributed by atoms with van der Waals surface area (Å²) < 4.78 is 5.24. The highest BCUT2D eigenvalue weighted by molar-refractivity contribution is 5.82. The van der Waals surface area contributed by atoms with E-state index in [0.29, 0.717) is 0 Å². The summed E-state index contributed by atoms with van der Waals surface area (Å²) in [7, 11) is 1.62. The van der Waals surface area contributed by atoms with Gasteiger partial charge in [0.2, 0.25) is 0 Å². The molecule has 0 amide bonds. The Labute approximate surface area is 111 Å². The predicted molar refractivity (Wildman–Crippen MR) is 72.5 cm³/mol. The van der Waals surface area contributed by atoms with Gasteiger partial charge in [-0.05, 0) is 34.4 Å². The second kappa shape index (κ2) is 4.43. The Morgan fingerprint density at radius 1 is 1.16 bits per heavy atom. The van der Waals surface area contributed by atoms with Gasteiger partial charge in [-0.3, -0.25) is 4.79 Å². The van der Waals surface area contributed by atoms with Crippen molar-refractivity contribution in [3.05, 3.63) is 53.6 Å². The number of rotatable bonds is 3. The summed E-state index contributed by atoms with van der Waals surface area (Å²) in [6.45, 7) is 0. The van der Waals surface area contributed by atoms with Crippen LogP contribution in [0.2, 0.25) is 0 Å². The van der Waals surface area contributed by atoms with E-state index in [1.165, 1.54) is 0 Å². The summed E-state index contributed by atoms with van der Waals surface area (Å²) in [5.41, 5.74) is 4.38. The third-order valence-corrected chi connectivity index (χ3v) is 3.64. The molecule has 0 saturated heterocycles. The summed E-state index contributed by atoms with van der Waals surface area (Å²) in [4.78, 5) is 11.1. The summed E-state index contributed by atoms with van der Waals surface area (Å²) in [5.74, 6) is -0.101. The smallest absolute Gasteiger partial charge is 0.304 e. The molecule has 3 nitrogen and oxygen atoms in total. The van der Waals surface area contributed by atoms with Crippen molar-refractivity contribution in [3.8, 4) is 16.9 Å². The molecule has 0 aromatic heterocycles. The van der Waals surface area contributed by atoms with Gasteiger partial charge in [0.25, 0.3) is 0 Å². The van der Waals surface area contributed by atoms with Crippen LogP contribution in [0.5, 0.6) is 5.75 Å². The van der Waals surface area contributed by atoms with Gasteiger partial charge in [0.15, 0.2) is 0 Å². The Kier molecular flexibility index (Phi) is 2.75. The average Bonchev–Trinajstić information content (AvgIpc) is 2.72. The van der Waals surface area contributed by atoms with Gasteiger partial charge in [0, 0.05) is 5.92 Å². The third-order valence-electron chi connectivity index (χ3n) is 3.64. The quantitative estimate of drug-likeness (QED) is 0.914. The lowest BCUT2D eigenvalue weighted by molar-refractivity contribution is -0.137. The number of carboxylic acids is 1. The predicted octanol–water partition coefficient (Wildman–Crippen LogP) is 3.28. The third kappa shape index (κ3) is 1.87. The van der Waals surface area contributed by atoms with Crippen molar-refractivity contribution in [1.82, 2.24) is 0 Å². The van der Waals surface area contributed by atoms with E-state index in [2.05, 4.69) is 0 Å². The van der Waals surface area contributed by atoms with E-state index in [1.54, 1.807) is 7.11 Å². The van der Waals surface area contributed by atoms with Crippen LogP contribution in [0.15, 0.2) is 42.5 Å². The number of benzene rings is 2. The standard InChI is InChI=1S/C16H14O3/c1-19-10-6-7-13-11-4-2-3-5-12(11)15(9-16(17)18)14(13)8-10/h2-8,15H,9H2,1H3,(H,17,18). The Morgan fingerprint density at radius 2 is 1.89 bits per heavy atom. The van der Waals surface area contributed by atoms with Gasteiger partial charge in [-0.25, -0.2) is 0 Å². The summed E-state index contributed by atoms with van der Waals surface area (Å²) in [6, 6.07) is 13.9. The number of ether oxygens (including phenoxy) is 1. The summed E-state index contributed by atoms with van der Waals surface area (Å²) >= 11 is 0. The first-order chi connectivity index (χ1) is 9.20. The second-order valence-electron chi connectivity index (χ2n) is 4.69. The maximum atomic E-state index is 11.1. The zero-order valence-electron chi connectivity index (χ0n) is 10.6. The SMILES string of the molecule is COc1ccc2c(c1)C(CC(=O)O)c1ccccc1-2. The number of carbonyl (C=O) groups is 1. The first kappa shape index (κ1) is 11.8. The lowest BCUT2D eigenvalue weighted by Crippen LogP contribution is -2.05. The Hall–Kier alpha value is -2.29. The van der Waals surface area contributed by atoms with Crippen LogP contribution in [0.3, 0.4) is 0 Å². The molecule has 1 unspecified atom stereocenters. The molecule has 1 N–H and O–H groups in total. The fourth-order valence-corrected chi connectivity index (χ4v) is 2.81. The van der Waals surface area contributed by atoms with Crippen molar-refractivity contribution < 1.29 is 14.6 Å². The van der Waals surface area contributed by atoms with Crippen LogP contribution in [-0.4, -0.2) is 18.2 Å². The van der Waals surface area contributed by atoms with Gasteiger partial charge in [-0.2, -0.15) is 0 Å².